The Hall–Kier alpha value is -2.11. The smallest absolute Gasteiger partial charge is 0.255 e. The number of hydrogen-bond donors (Lipinski definition) is 3. The summed E-state index contributed by atoms with van der Waals surface area (Å²) in [6.45, 7) is 3.94. The Balaban J connectivity index is 2.67. The molecule has 1 unspecified atom stereocenters. The van der Waals surface area contributed by atoms with Crippen molar-refractivity contribution in [3.63, 3.8) is 0 Å². The van der Waals surface area contributed by atoms with Gasteiger partial charge in [0.15, 0.2) is 0 Å². The van der Waals surface area contributed by atoms with Crippen molar-refractivity contribution in [2.45, 2.75) is 19.9 Å². The molecule has 0 aliphatic rings. The lowest BCUT2D eigenvalue weighted by Gasteiger charge is -2.13. The molecule has 0 saturated heterocycles. The third-order valence-electron chi connectivity index (χ3n) is 2.19. The quantitative estimate of drug-likeness (QED) is 0.681. The first kappa shape index (κ1) is 13.0. The van der Waals surface area contributed by atoms with Gasteiger partial charge in [-0.3, -0.25) is 14.6 Å². The molecule has 0 spiro atoms. The van der Waals surface area contributed by atoms with Gasteiger partial charge in [-0.15, -0.1) is 0 Å². The Labute approximate surface area is 99.6 Å². The molecule has 2 amide bonds. The maximum atomic E-state index is 11.8. The first-order valence-corrected chi connectivity index (χ1v) is 5.34. The van der Waals surface area contributed by atoms with Crippen LogP contribution >= 0.6 is 0 Å². The molecule has 0 fully saturated rings. The van der Waals surface area contributed by atoms with Crippen LogP contribution in [0.5, 0.6) is 0 Å². The van der Waals surface area contributed by atoms with E-state index in [2.05, 4.69) is 15.6 Å². The highest BCUT2D eigenvalue weighted by molar-refractivity contribution is 6.00. The third-order valence-corrected chi connectivity index (χ3v) is 2.19. The molecule has 1 aromatic rings. The molecule has 6 heteroatoms. The van der Waals surface area contributed by atoms with Crippen molar-refractivity contribution in [3.8, 4) is 0 Å². The third kappa shape index (κ3) is 3.44. The van der Waals surface area contributed by atoms with Gasteiger partial charge in [-0.2, -0.15) is 0 Å². The molecule has 0 radical (unpaired) electrons. The first-order chi connectivity index (χ1) is 8.06. The fraction of sp³-hybridized carbons (Fsp3) is 0.364. The fourth-order valence-corrected chi connectivity index (χ4v) is 1.26. The van der Waals surface area contributed by atoms with Crippen LogP contribution in [-0.2, 0) is 4.79 Å². The number of pyridine rings is 1. The van der Waals surface area contributed by atoms with E-state index in [-0.39, 0.29) is 11.5 Å². The maximum Gasteiger partial charge on any atom is 0.255 e. The lowest BCUT2D eigenvalue weighted by Crippen LogP contribution is -2.44. The number of amides is 2. The minimum absolute atomic E-state index is 0.233. The Kier molecular flexibility index (Phi) is 4.45. The van der Waals surface area contributed by atoms with Crippen LogP contribution in [-0.4, -0.2) is 29.4 Å². The minimum atomic E-state index is -0.609. The zero-order chi connectivity index (χ0) is 12.8. The molecule has 1 rings (SSSR count). The van der Waals surface area contributed by atoms with Crippen molar-refractivity contribution < 1.29 is 9.59 Å². The van der Waals surface area contributed by atoms with Gasteiger partial charge < -0.3 is 16.4 Å². The van der Waals surface area contributed by atoms with E-state index in [1.807, 2.05) is 6.92 Å². The summed E-state index contributed by atoms with van der Waals surface area (Å²) in [7, 11) is 0. The number of nitrogens with two attached hydrogens (primary N) is 1. The molecule has 1 heterocycles. The van der Waals surface area contributed by atoms with E-state index >= 15 is 0 Å². The number of carbonyl (C=O) groups excluding carboxylic acids is 2. The van der Waals surface area contributed by atoms with Crippen LogP contribution < -0.4 is 16.4 Å². The van der Waals surface area contributed by atoms with Gasteiger partial charge in [0, 0.05) is 24.6 Å². The zero-order valence-corrected chi connectivity index (χ0v) is 9.86. The van der Waals surface area contributed by atoms with Crippen molar-refractivity contribution in [1.29, 1.82) is 0 Å². The standard InChI is InChI=1S/C11H16N4O2/c1-3-14-10(16)7(2)15-11(17)8-6-13-5-4-9(8)12/h4-7H,3H2,1-2H3,(H2,12,13)(H,14,16)(H,15,17). The van der Waals surface area contributed by atoms with Gasteiger partial charge in [-0.1, -0.05) is 0 Å². The average molecular weight is 236 g/mol. The largest absolute Gasteiger partial charge is 0.398 e. The van der Waals surface area contributed by atoms with E-state index in [1.165, 1.54) is 18.5 Å². The predicted molar refractivity (Wildman–Crippen MR) is 64.3 cm³/mol. The van der Waals surface area contributed by atoms with Crippen LogP contribution in [0.3, 0.4) is 0 Å². The number of likely N-dealkylation sites (N-methyl/N-ethyl adjacent to an activating group) is 1. The Morgan fingerprint density at radius 2 is 2.24 bits per heavy atom. The maximum absolute atomic E-state index is 11.8. The predicted octanol–water partition coefficient (Wildman–Crippen LogP) is -0.0818. The fourth-order valence-electron chi connectivity index (χ4n) is 1.26. The SMILES string of the molecule is CCNC(=O)C(C)NC(=O)c1cnccc1N. The van der Waals surface area contributed by atoms with Crippen molar-refractivity contribution in [3.05, 3.63) is 24.0 Å². The average Bonchev–Trinajstić information content (AvgIpc) is 2.29. The zero-order valence-electron chi connectivity index (χ0n) is 9.86. The van der Waals surface area contributed by atoms with Gasteiger partial charge in [0.25, 0.3) is 5.91 Å². The molecule has 17 heavy (non-hydrogen) atoms. The molecule has 1 aromatic heterocycles. The van der Waals surface area contributed by atoms with Gasteiger partial charge in [0.1, 0.15) is 6.04 Å². The second-order valence-electron chi connectivity index (χ2n) is 3.55. The topological polar surface area (TPSA) is 97.1 Å². The molecule has 0 aromatic carbocycles. The summed E-state index contributed by atoms with van der Waals surface area (Å²) in [5.41, 5.74) is 6.23. The molecule has 0 bridgehead atoms. The molecule has 6 nitrogen and oxygen atoms in total. The summed E-state index contributed by atoms with van der Waals surface area (Å²) < 4.78 is 0. The van der Waals surface area contributed by atoms with Crippen molar-refractivity contribution in [2.24, 2.45) is 0 Å². The highest BCUT2D eigenvalue weighted by Gasteiger charge is 2.17. The summed E-state index contributed by atoms with van der Waals surface area (Å²) >= 11 is 0. The van der Waals surface area contributed by atoms with Crippen molar-refractivity contribution in [1.82, 2.24) is 15.6 Å². The Bertz CT molecular complexity index is 420. The summed E-state index contributed by atoms with van der Waals surface area (Å²) in [4.78, 5) is 27.0. The van der Waals surface area contributed by atoms with Crippen LogP contribution in [0.1, 0.15) is 24.2 Å². The summed E-state index contributed by atoms with van der Waals surface area (Å²) in [5.74, 6) is -0.641. The second-order valence-corrected chi connectivity index (χ2v) is 3.55. The molecular weight excluding hydrogens is 220 g/mol. The van der Waals surface area contributed by atoms with Gasteiger partial charge in [0.05, 0.1) is 5.56 Å². The molecular formula is C11H16N4O2. The van der Waals surface area contributed by atoms with Crippen molar-refractivity contribution >= 4 is 17.5 Å². The molecule has 0 aliphatic carbocycles. The molecule has 92 valence electrons. The van der Waals surface area contributed by atoms with Crippen LogP contribution in [0.2, 0.25) is 0 Å². The summed E-state index contributed by atoms with van der Waals surface area (Å²) in [5, 5.41) is 5.17. The van der Waals surface area contributed by atoms with E-state index in [4.69, 9.17) is 5.73 Å². The number of rotatable bonds is 4. The van der Waals surface area contributed by atoms with E-state index in [9.17, 15) is 9.59 Å². The molecule has 1 atom stereocenters. The Morgan fingerprint density at radius 3 is 2.82 bits per heavy atom. The number of anilines is 1. The van der Waals surface area contributed by atoms with Crippen LogP contribution in [0.4, 0.5) is 5.69 Å². The van der Waals surface area contributed by atoms with E-state index in [1.54, 1.807) is 6.92 Å². The molecule has 4 N–H and O–H groups in total. The van der Waals surface area contributed by atoms with Crippen LogP contribution in [0, 0.1) is 0 Å². The second kappa shape index (κ2) is 5.83. The van der Waals surface area contributed by atoms with Crippen molar-refractivity contribution in [2.75, 3.05) is 12.3 Å². The summed E-state index contributed by atoms with van der Waals surface area (Å²) in [6.07, 6.45) is 2.87. The number of nitrogens with zero attached hydrogens (tertiary/aromatic N) is 1. The van der Waals surface area contributed by atoms with E-state index in [0.717, 1.165) is 0 Å². The van der Waals surface area contributed by atoms with Gasteiger partial charge >= 0.3 is 0 Å². The molecule has 0 aliphatic heterocycles. The van der Waals surface area contributed by atoms with Gasteiger partial charge in [-0.25, -0.2) is 0 Å². The first-order valence-electron chi connectivity index (χ1n) is 5.34. The lowest BCUT2D eigenvalue weighted by atomic mass is 10.2. The number of nitrogens with one attached hydrogen (secondary N) is 2. The van der Waals surface area contributed by atoms with E-state index in [0.29, 0.717) is 12.2 Å². The normalized spacial score (nSPS) is 11.6. The van der Waals surface area contributed by atoms with Gasteiger partial charge in [0.2, 0.25) is 5.91 Å². The number of hydrogen-bond acceptors (Lipinski definition) is 4. The van der Waals surface area contributed by atoms with E-state index < -0.39 is 11.9 Å². The monoisotopic (exact) mass is 236 g/mol. The van der Waals surface area contributed by atoms with Crippen LogP contribution in [0.25, 0.3) is 0 Å². The molecule has 0 saturated carbocycles. The summed E-state index contributed by atoms with van der Waals surface area (Å²) in [6, 6.07) is 0.924. The Morgan fingerprint density at radius 1 is 1.53 bits per heavy atom. The number of aromatic nitrogens is 1. The minimum Gasteiger partial charge on any atom is -0.398 e. The van der Waals surface area contributed by atoms with Crippen LogP contribution in [0.15, 0.2) is 18.5 Å². The highest BCUT2D eigenvalue weighted by Crippen LogP contribution is 2.08. The number of nitrogen functional groups attached to an aromatic ring is 1. The highest BCUT2D eigenvalue weighted by atomic mass is 16.2. The number of carbonyl (C=O) groups is 2. The van der Waals surface area contributed by atoms with Gasteiger partial charge in [-0.05, 0) is 19.9 Å². The lowest BCUT2D eigenvalue weighted by molar-refractivity contribution is -0.122.